The maximum Gasteiger partial charge on any atom is 0.322 e. The molecule has 0 saturated carbocycles. The molecule has 0 saturated heterocycles. The lowest BCUT2D eigenvalue weighted by molar-refractivity contribution is -0.135. The van der Waals surface area contributed by atoms with Gasteiger partial charge < -0.3 is 10.4 Å². The van der Waals surface area contributed by atoms with Crippen LogP contribution in [0.2, 0.25) is 0 Å². The van der Waals surface area contributed by atoms with Crippen molar-refractivity contribution in [3.63, 3.8) is 0 Å². The Balaban J connectivity index is 0.00000225. The Kier molecular flexibility index (Phi) is 5.18. The number of halogens is 2. The normalized spacial score (nSPS) is 10.3. The molecule has 0 bridgehead atoms. The van der Waals surface area contributed by atoms with Crippen molar-refractivity contribution in [1.29, 1.82) is 0 Å². The predicted octanol–water partition coefficient (Wildman–Crippen LogP) is 1.06. The first-order chi connectivity index (χ1) is 11.5. The summed E-state index contributed by atoms with van der Waals surface area (Å²) in [5.74, 6) is -2.56. The third kappa shape index (κ3) is 3.50. The molecule has 0 unspecified atom stereocenters. The molecule has 0 atom stereocenters. The number of rotatable bonds is 4. The van der Waals surface area contributed by atoms with E-state index in [1.807, 2.05) is 0 Å². The summed E-state index contributed by atoms with van der Waals surface area (Å²) in [5.41, 5.74) is -0.183. The van der Waals surface area contributed by atoms with E-state index < -0.39 is 29.7 Å². The molecule has 25 heavy (non-hydrogen) atoms. The fourth-order valence-corrected chi connectivity index (χ4v) is 2.32. The Morgan fingerprint density at radius 2 is 2.08 bits per heavy atom. The first-order valence-corrected chi connectivity index (χ1v) is 6.82. The molecule has 2 aromatic heterocycles. The van der Waals surface area contributed by atoms with Crippen LogP contribution in [0.4, 0.5) is 4.39 Å². The second kappa shape index (κ2) is 7.14. The molecule has 130 valence electrons. The molecular formula is C15H12ClFN4O4. The molecule has 0 radical (unpaired) electrons. The summed E-state index contributed by atoms with van der Waals surface area (Å²) < 4.78 is 14.8. The summed E-state index contributed by atoms with van der Waals surface area (Å²) in [6.07, 6.45) is 1.27. The minimum atomic E-state index is -1.24. The van der Waals surface area contributed by atoms with Gasteiger partial charge in [0.2, 0.25) is 0 Å². The van der Waals surface area contributed by atoms with Crippen molar-refractivity contribution in [2.24, 2.45) is 0 Å². The Morgan fingerprint density at radius 3 is 2.76 bits per heavy atom. The van der Waals surface area contributed by atoms with E-state index in [4.69, 9.17) is 5.11 Å². The van der Waals surface area contributed by atoms with Gasteiger partial charge in [-0.3, -0.25) is 19.5 Å². The van der Waals surface area contributed by atoms with Crippen LogP contribution in [-0.2, 0) is 4.79 Å². The number of carbonyl (C=O) groups excluding carboxylic acids is 1. The van der Waals surface area contributed by atoms with Crippen LogP contribution in [-0.4, -0.2) is 38.1 Å². The van der Waals surface area contributed by atoms with Gasteiger partial charge in [0.05, 0.1) is 5.69 Å². The topological polar surface area (TPSA) is 117 Å². The van der Waals surface area contributed by atoms with E-state index >= 15 is 0 Å². The molecule has 0 spiro atoms. The smallest absolute Gasteiger partial charge is 0.322 e. The van der Waals surface area contributed by atoms with E-state index in [0.29, 0.717) is 11.3 Å². The van der Waals surface area contributed by atoms with Crippen LogP contribution < -0.4 is 10.7 Å². The molecule has 3 rings (SSSR count). The number of aromatic amines is 1. The number of carboxylic acids is 1. The highest BCUT2D eigenvalue weighted by Crippen LogP contribution is 2.20. The van der Waals surface area contributed by atoms with Crippen molar-refractivity contribution < 1.29 is 19.1 Å². The van der Waals surface area contributed by atoms with E-state index in [9.17, 15) is 18.8 Å². The van der Waals surface area contributed by atoms with Gasteiger partial charge in [-0.15, -0.1) is 12.4 Å². The quantitative estimate of drug-likeness (QED) is 0.638. The SMILES string of the molecule is Cl.O=C(O)CNC(=O)c1c(=O)cc(-c2cccc(F)c2)n2[nH]cnc12. The van der Waals surface area contributed by atoms with Crippen molar-refractivity contribution >= 4 is 29.9 Å². The first kappa shape index (κ1) is 18.1. The molecule has 3 N–H and O–H groups in total. The largest absolute Gasteiger partial charge is 0.480 e. The maximum absolute atomic E-state index is 13.4. The minimum Gasteiger partial charge on any atom is -0.480 e. The third-order valence-corrected chi connectivity index (χ3v) is 3.31. The molecule has 0 aliphatic heterocycles. The second-order valence-corrected chi connectivity index (χ2v) is 4.90. The molecule has 10 heteroatoms. The fraction of sp³-hybridized carbons (Fsp3) is 0.0667. The Hall–Kier alpha value is -3.20. The van der Waals surface area contributed by atoms with Crippen molar-refractivity contribution in [3.05, 3.63) is 58.3 Å². The molecule has 1 aromatic carbocycles. The monoisotopic (exact) mass is 366 g/mol. The number of nitrogens with zero attached hydrogens (tertiary/aromatic N) is 2. The second-order valence-electron chi connectivity index (χ2n) is 4.90. The Labute approximate surface area is 145 Å². The highest BCUT2D eigenvalue weighted by molar-refractivity contribution is 6.01. The molecule has 0 aliphatic rings. The fourth-order valence-electron chi connectivity index (χ4n) is 2.32. The molecule has 2 heterocycles. The lowest BCUT2D eigenvalue weighted by atomic mass is 10.1. The highest BCUT2D eigenvalue weighted by Gasteiger charge is 2.20. The van der Waals surface area contributed by atoms with Gasteiger partial charge in [0, 0.05) is 11.6 Å². The highest BCUT2D eigenvalue weighted by atomic mass is 35.5. The average molecular weight is 367 g/mol. The number of nitrogens with one attached hydrogen (secondary N) is 2. The van der Waals surface area contributed by atoms with Crippen LogP contribution >= 0.6 is 12.4 Å². The van der Waals surface area contributed by atoms with Crippen molar-refractivity contribution in [2.45, 2.75) is 0 Å². The number of H-pyrrole nitrogens is 1. The summed E-state index contributed by atoms with van der Waals surface area (Å²) in [7, 11) is 0. The molecule has 1 amide bonds. The first-order valence-electron chi connectivity index (χ1n) is 6.82. The molecular weight excluding hydrogens is 355 g/mol. The number of aromatic nitrogens is 3. The van der Waals surface area contributed by atoms with Crippen LogP contribution in [0.5, 0.6) is 0 Å². The van der Waals surface area contributed by atoms with Crippen molar-refractivity contribution in [3.8, 4) is 11.3 Å². The number of aliphatic carboxylic acids is 1. The van der Waals surface area contributed by atoms with E-state index in [2.05, 4.69) is 15.4 Å². The van der Waals surface area contributed by atoms with Gasteiger partial charge in [0.15, 0.2) is 11.1 Å². The molecule has 3 aromatic rings. The number of benzene rings is 1. The zero-order chi connectivity index (χ0) is 17.3. The standard InChI is InChI=1S/C15H11FN4O4.ClH/c16-9-3-1-2-8(4-9)10-5-11(21)13(14-18-7-19-20(10)14)15(24)17-6-12(22)23;/h1-5,7H,6H2,(H,17,24)(H,18,19)(H,22,23);1H. The Bertz CT molecular complexity index is 1010. The van der Waals surface area contributed by atoms with Gasteiger partial charge in [-0.05, 0) is 12.1 Å². The van der Waals surface area contributed by atoms with Gasteiger partial charge in [-0.1, -0.05) is 12.1 Å². The van der Waals surface area contributed by atoms with E-state index in [0.717, 1.165) is 6.07 Å². The predicted molar refractivity (Wildman–Crippen MR) is 88.4 cm³/mol. The average Bonchev–Trinajstić information content (AvgIpc) is 3.01. The number of carboxylic acid groups (broad SMARTS) is 1. The summed E-state index contributed by atoms with van der Waals surface area (Å²) in [5, 5.41) is 13.5. The lowest BCUT2D eigenvalue weighted by Crippen LogP contribution is -2.33. The van der Waals surface area contributed by atoms with Gasteiger partial charge in [-0.2, -0.15) is 0 Å². The van der Waals surface area contributed by atoms with Gasteiger partial charge in [0.25, 0.3) is 5.91 Å². The van der Waals surface area contributed by atoms with E-state index in [-0.39, 0.29) is 23.6 Å². The van der Waals surface area contributed by atoms with E-state index in [1.54, 1.807) is 6.07 Å². The van der Waals surface area contributed by atoms with Gasteiger partial charge >= 0.3 is 5.97 Å². The van der Waals surface area contributed by atoms with Gasteiger partial charge in [0.1, 0.15) is 24.3 Å². The summed E-state index contributed by atoms with van der Waals surface area (Å²) in [6, 6.07) is 6.77. The summed E-state index contributed by atoms with van der Waals surface area (Å²) in [6.45, 7) is -0.624. The molecule has 8 nitrogen and oxygen atoms in total. The van der Waals surface area contributed by atoms with Crippen LogP contribution in [0.15, 0.2) is 41.5 Å². The minimum absolute atomic E-state index is 0. The number of pyridine rings is 1. The van der Waals surface area contributed by atoms with Crippen LogP contribution in [0.3, 0.4) is 0 Å². The van der Waals surface area contributed by atoms with E-state index in [1.165, 1.54) is 29.0 Å². The number of carbonyl (C=O) groups is 2. The van der Waals surface area contributed by atoms with Crippen LogP contribution in [0, 0.1) is 5.82 Å². The zero-order valence-corrected chi connectivity index (χ0v) is 13.3. The number of hydrogen-bond donors (Lipinski definition) is 3. The number of fused-ring (bicyclic) bond motifs is 1. The third-order valence-electron chi connectivity index (χ3n) is 3.31. The van der Waals surface area contributed by atoms with Crippen molar-refractivity contribution in [2.75, 3.05) is 6.54 Å². The van der Waals surface area contributed by atoms with Gasteiger partial charge in [-0.25, -0.2) is 13.9 Å². The molecule has 0 fully saturated rings. The molecule has 0 aliphatic carbocycles. The summed E-state index contributed by atoms with van der Waals surface area (Å²) >= 11 is 0. The van der Waals surface area contributed by atoms with Crippen molar-refractivity contribution in [1.82, 2.24) is 19.9 Å². The van der Waals surface area contributed by atoms with Crippen LogP contribution in [0.25, 0.3) is 16.9 Å². The summed E-state index contributed by atoms with van der Waals surface area (Å²) in [4.78, 5) is 38.9. The lowest BCUT2D eigenvalue weighted by Gasteiger charge is -2.08. The Morgan fingerprint density at radius 1 is 1.32 bits per heavy atom. The number of hydrogen-bond acceptors (Lipinski definition) is 4. The van der Waals surface area contributed by atoms with Crippen LogP contribution in [0.1, 0.15) is 10.4 Å². The zero-order valence-electron chi connectivity index (χ0n) is 12.5. The maximum atomic E-state index is 13.4. The number of amides is 1.